The van der Waals surface area contributed by atoms with E-state index >= 15 is 0 Å². The number of methoxy groups -OCH3 is 1. The number of hydrogen-bond acceptors (Lipinski definition) is 7. The summed E-state index contributed by atoms with van der Waals surface area (Å²) in [5, 5.41) is 7.25. The van der Waals surface area contributed by atoms with Gasteiger partial charge in [0.25, 0.3) is 5.91 Å². The number of aromatic nitrogens is 1. The summed E-state index contributed by atoms with van der Waals surface area (Å²) in [6.07, 6.45) is 0.695. The van der Waals surface area contributed by atoms with E-state index in [-0.39, 0.29) is 30.5 Å². The summed E-state index contributed by atoms with van der Waals surface area (Å²) in [6, 6.07) is 6.76. The smallest absolute Gasteiger partial charge is 0.357 e. The lowest BCUT2D eigenvalue weighted by Gasteiger charge is -2.06. The van der Waals surface area contributed by atoms with Crippen LogP contribution < -0.4 is 15.4 Å². The lowest BCUT2D eigenvalue weighted by atomic mass is 10.2. The third-order valence-electron chi connectivity index (χ3n) is 3.45. The van der Waals surface area contributed by atoms with E-state index in [2.05, 4.69) is 15.6 Å². The maximum absolute atomic E-state index is 12.0. The molecule has 0 saturated heterocycles. The first-order chi connectivity index (χ1) is 13.0. The van der Waals surface area contributed by atoms with Crippen LogP contribution >= 0.6 is 11.3 Å². The van der Waals surface area contributed by atoms with E-state index in [1.54, 1.807) is 38.3 Å². The summed E-state index contributed by atoms with van der Waals surface area (Å²) in [6.45, 7) is 2.34. The molecule has 27 heavy (non-hydrogen) atoms. The second kappa shape index (κ2) is 10.3. The zero-order chi connectivity index (χ0) is 19.6. The summed E-state index contributed by atoms with van der Waals surface area (Å²) in [5.74, 6) is -0.289. The van der Waals surface area contributed by atoms with Gasteiger partial charge in [-0.15, -0.1) is 11.3 Å². The fourth-order valence-corrected chi connectivity index (χ4v) is 2.80. The van der Waals surface area contributed by atoms with E-state index in [4.69, 9.17) is 9.47 Å². The SMILES string of the molecule is CCOC(=O)c1csc(NC(=O)CCCNC(=O)c2ccc(OC)cc2)n1. The lowest BCUT2D eigenvalue weighted by Crippen LogP contribution is -2.25. The molecule has 1 heterocycles. The Morgan fingerprint density at radius 2 is 1.93 bits per heavy atom. The summed E-state index contributed by atoms with van der Waals surface area (Å²) >= 11 is 1.15. The molecule has 0 atom stereocenters. The number of carbonyl (C=O) groups is 3. The van der Waals surface area contributed by atoms with E-state index < -0.39 is 5.97 Å². The average Bonchev–Trinajstić information content (AvgIpc) is 3.14. The van der Waals surface area contributed by atoms with Crippen LogP contribution in [0.15, 0.2) is 29.6 Å². The van der Waals surface area contributed by atoms with Crippen molar-refractivity contribution in [3.63, 3.8) is 0 Å². The van der Waals surface area contributed by atoms with Crippen LogP contribution in [0.3, 0.4) is 0 Å². The Bertz CT molecular complexity index is 789. The number of ether oxygens (including phenoxy) is 2. The van der Waals surface area contributed by atoms with Gasteiger partial charge in [0.15, 0.2) is 10.8 Å². The average molecular weight is 391 g/mol. The van der Waals surface area contributed by atoms with Crippen LogP contribution in [0, 0.1) is 0 Å². The second-order valence-electron chi connectivity index (χ2n) is 5.39. The van der Waals surface area contributed by atoms with E-state index in [0.29, 0.717) is 29.4 Å². The molecule has 0 radical (unpaired) electrons. The molecule has 2 amide bonds. The van der Waals surface area contributed by atoms with Gasteiger partial charge in [0, 0.05) is 23.9 Å². The summed E-state index contributed by atoms with van der Waals surface area (Å²) in [5.41, 5.74) is 0.693. The van der Waals surface area contributed by atoms with Crippen molar-refractivity contribution < 1.29 is 23.9 Å². The van der Waals surface area contributed by atoms with Crippen LogP contribution in [0.2, 0.25) is 0 Å². The zero-order valence-corrected chi connectivity index (χ0v) is 15.9. The Morgan fingerprint density at radius 3 is 2.59 bits per heavy atom. The van der Waals surface area contributed by atoms with Gasteiger partial charge in [-0.2, -0.15) is 0 Å². The van der Waals surface area contributed by atoms with Crippen molar-refractivity contribution in [1.82, 2.24) is 10.3 Å². The molecule has 144 valence electrons. The molecule has 0 spiro atoms. The van der Waals surface area contributed by atoms with Crippen molar-refractivity contribution in [3.8, 4) is 5.75 Å². The van der Waals surface area contributed by atoms with Crippen LogP contribution in [0.4, 0.5) is 5.13 Å². The first-order valence-electron chi connectivity index (χ1n) is 8.38. The molecule has 0 saturated carbocycles. The summed E-state index contributed by atoms with van der Waals surface area (Å²) in [7, 11) is 1.56. The Kier molecular flexibility index (Phi) is 7.75. The third-order valence-corrected chi connectivity index (χ3v) is 4.21. The number of benzene rings is 1. The van der Waals surface area contributed by atoms with Crippen LogP contribution in [-0.4, -0.2) is 43.0 Å². The van der Waals surface area contributed by atoms with Gasteiger partial charge in [0.2, 0.25) is 5.91 Å². The van der Waals surface area contributed by atoms with Crippen molar-refractivity contribution in [1.29, 1.82) is 0 Å². The molecule has 0 aliphatic heterocycles. The maximum Gasteiger partial charge on any atom is 0.357 e. The summed E-state index contributed by atoms with van der Waals surface area (Å²) < 4.78 is 9.89. The van der Waals surface area contributed by atoms with Gasteiger partial charge >= 0.3 is 5.97 Å². The molecular weight excluding hydrogens is 370 g/mol. The van der Waals surface area contributed by atoms with Crippen molar-refractivity contribution in [2.75, 3.05) is 25.6 Å². The number of nitrogens with zero attached hydrogens (tertiary/aromatic N) is 1. The van der Waals surface area contributed by atoms with Gasteiger partial charge in [-0.3, -0.25) is 9.59 Å². The van der Waals surface area contributed by atoms with Gasteiger partial charge in [-0.05, 0) is 37.6 Å². The van der Waals surface area contributed by atoms with Crippen molar-refractivity contribution in [2.45, 2.75) is 19.8 Å². The molecule has 1 aromatic carbocycles. The largest absolute Gasteiger partial charge is 0.497 e. The molecule has 2 N–H and O–H groups in total. The Hall–Kier alpha value is -2.94. The maximum atomic E-state index is 12.0. The number of nitrogens with one attached hydrogen (secondary N) is 2. The van der Waals surface area contributed by atoms with Gasteiger partial charge < -0.3 is 20.1 Å². The van der Waals surface area contributed by atoms with Crippen LogP contribution in [-0.2, 0) is 9.53 Å². The number of carbonyl (C=O) groups excluding carboxylic acids is 3. The molecule has 8 nitrogen and oxygen atoms in total. The number of thiazole rings is 1. The highest BCUT2D eigenvalue weighted by Crippen LogP contribution is 2.16. The van der Waals surface area contributed by atoms with Gasteiger partial charge in [0.05, 0.1) is 13.7 Å². The molecule has 2 aromatic rings. The number of amides is 2. The molecular formula is C18H21N3O5S. The van der Waals surface area contributed by atoms with Crippen molar-refractivity contribution in [2.24, 2.45) is 0 Å². The van der Waals surface area contributed by atoms with E-state index in [9.17, 15) is 14.4 Å². The molecule has 1 aromatic heterocycles. The quantitative estimate of drug-likeness (QED) is 0.502. The molecule has 0 unspecified atom stereocenters. The standard InChI is InChI=1S/C18H21N3O5S/c1-3-26-17(24)14-11-27-18(20-14)21-15(22)5-4-10-19-16(23)12-6-8-13(25-2)9-7-12/h6-9,11H,3-5,10H2,1-2H3,(H,19,23)(H,20,21,22). The lowest BCUT2D eigenvalue weighted by molar-refractivity contribution is -0.116. The number of rotatable bonds is 9. The molecule has 0 aliphatic rings. The van der Waals surface area contributed by atoms with Gasteiger partial charge in [0.1, 0.15) is 5.75 Å². The predicted octanol–water partition coefficient (Wildman–Crippen LogP) is 2.48. The molecule has 2 rings (SSSR count). The molecule has 0 aliphatic carbocycles. The fourth-order valence-electron chi connectivity index (χ4n) is 2.11. The molecule has 0 fully saturated rings. The first kappa shape index (κ1) is 20.4. The van der Waals surface area contributed by atoms with E-state index in [0.717, 1.165) is 11.3 Å². The number of anilines is 1. The highest BCUT2D eigenvalue weighted by molar-refractivity contribution is 7.14. The summed E-state index contributed by atoms with van der Waals surface area (Å²) in [4.78, 5) is 39.5. The van der Waals surface area contributed by atoms with Gasteiger partial charge in [-0.25, -0.2) is 9.78 Å². The van der Waals surface area contributed by atoms with E-state index in [1.165, 1.54) is 5.38 Å². The second-order valence-corrected chi connectivity index (χ2v) is 6.25. The van der Waals surface area contributed by atoms with Crippen molar-refractivity contribution in [3.05, 3.63) is 40.9 Å². The number of esters is 1. The third kappa shape index (κ3) is 6.37. The van der Waals surface area contributed by atoms with Crippen molar-refractivity contribution >= 4 is 34.3 Å². The monoisotopic (exact) mass is 391 g/mol. The van der Waals surface area contributed by atoms with Gasteiger partial charge in [-0.1, -0.05) is 0 Å². The molecule has 9 heteroatoms. The first-order valence-corrected chi connectivity index (χ1v) is 9.26. The minimum absolute atomic E-state index is 0.170. The Morgan fingerprint density at radius 1 is 1.19 bits per heavy atom. The Labute approximate surface area is 160 Å². The topological polar surface area (TPSA) is 107 Å². The minimum Gasteiger partial charge on any atom is -0.497 e. The normalized spacial score (nSPS) is 10.1. The van der Waals surface area contributed by atoms with E-state index in [1.807, 2.05) is 0 Å². The van der Waals surface area contributed by atoms with Crippen LogP contribution in [0.25, 0.3) is 0 Å². The van der Waals surface area contributed by atoms with Crippen LogP contribution in [0.1, 0.15) is 40.6 Å². The zero-order valence-electron chi connectivity index (χ0n) is 15.1. The Balaban J connectivity index is 1.69. The highest BCUT2D eigenvalue weighted by atomic mass is 32.1. The number of hydrogen-bond donors (Lipinski definition) is 2. The molecule has 0 bridgehead atoms. The highest BCUT2D eigenvalue weighted by Gasteiger charge is 2.13. The fraction of sp³-hybridized carbons (Fsp3) is 0.333. The van der Waals surface area contributed by atoms with Crippen LogP contribution in [0.5, 0.6) is 5.75 Å². The minimum atomic E-state index is -0.518. The predicted molar refractivity (Wildman–Crippen MR) is 101 cm³/mol.